The van der Waals surface area contributed by atoms with Crippen molar-refractivity contribution in [2.45, 2.75) is 17.9 Å². The van der Waals surface area contributed by atoms with E-state index in [-0.39, 0.29) is 48.2 Å². The topological polar surface area (TPSA) is 108 Å². The van der Waals surface area contributed by atoms with Crippen LogP contribution in [0.3, 0.4) is 0 Å². The lowest BCUT2D eigenvalue weighted by Gasteiger charge is -2.25. The van der Waals surface area contributed by atoms with E-state index in [1.54, 1.807) is 7.05 Å². The molecule has 0 aromatic heterocycles. The molecule has 0 radical (unpaired) electrons. The molecule has 1 fully saturated rings. The summed E-state index contributed by atoms with van der Waals surface area (Å²) in [6.07, 6.45) is 0. The number of amides is 2. The Bertz CT molecular complexity index is 709. The molecule has 1 aromatic rings. The van der Waals surface area contributed by atoms with Crippen LogP contribution < -0.4 is 16.0 Å². The van der Waals surface area contributed by atoms with Crippen LogP contribution in [-0.2, 0) is 14.8 Å². The molecule has 0 saturated carbocycles. The second kappa shape index (κ2) is 9.14. The largest absolute Gasteiger partial charge is 0.354 e. The quantitative estimate of drug-likeness (QED) is 0.610. The number of nitrogens with zero attached hydrogens (tertiary/aromatic N) is 1. The van der Waals surface area contributed by atoms with Crippen molar-refractivity contribution in [1.82, 2.24) is 20.3 Å². The van der Waals surface area contributed by atoms with Gasteiger partial charge in [0.1, 0.15) is 0 Å². The van der Waals surface area contributed by atoms with Crippen molar-refractivity contribution >= 4 is 34.2 Å². The number of rotatable bonds is 6. The number of benzene rings is 1. The van der Waals surface area contributed by atoms with Crippen LogP contribution in [0.2, 0.25) is 0 Å². The maximum atomic E-state index is 12.5. The van der Waals surface area contributed by atoms with Crippen molar-refractivity contribution < 1.29 is 18.0 Å². The fourth-order valence-electron chi connectivity index (χ4n) is 2.20. The molecule has 1 heterocycles. The summed E-state index contributed by atoms with van der Waals surface area (Å²) in [7, 11) is -1.93. The van der Waals surface area contributed by atoms with E-state index in [1.165, 1.54) is 24.3 Å². The summed E-state index contributed by atoms with van der Waals surface area (Å²) in [5, 5.41) is 8.36. The van der Waals surface area contributed by atoms with Gasteiger partial charge in [-0.1, -0.05) is 0 Å². The van der Waals surface area contributed by atoms with Crippen molar-refractivity contribution in [3.8, 4) is 0 Å². The van der Waals surface area contributed by atoms with Crippen molar-refractivity contribution in [2.24, 2.45) is 0 Å². The number of carbonyl (C=O) groups is 2. The minimum absolute atomic E-state index is 0. The van der Waals surface area contributed by atoms with Gasteiger partial charge in [-0.3, -0.25) is 9.59 Å². The first-order chi connectivity index (χ1) is 11.3. The Morgan fingerprint density at radius 3 is 2.52 bits per heavy atom. The molecule has 25 heavy (non-hydrogen) atoms. The lowest BCUT2D eigenvalue weighted by Crippen LogP contribution is -2.49. The number of halogens is 1. The highest BCUT2D eigenvalue weighted by atomic mass is 35.5. The number of likely N-dealkylation sites (N-methyl/N-ethyl adjacent to an activating group) is 1. The van der Waals surface area contributed by atoms with Gasteiger partial charge in [-0.05, 0) is 38.2 Å². The van der Waals surface area contributed by atoms with Gasteiger partial charge in [-0.2, -0.15) is 4.31 Å². The van der Waals surface area contributed by atoms with E-state index in [4.69, 9.17) is 0 Å². The van der Waals surface area contributed by atoms with Gasteiger partial charge in [0, 0.05) is 31.2 Å². The molecule has 10 heteroatoms. The van der Waals surface area contributed by atoms with Gasteiger partial charge in [0.2, 0.25) is 15.9 Å². The molecular formula is C15H23ClN4O4S. The summed E-state index contributed by atoms with van der Waals surface area (Å²) in [5.41, 5.74) is 0.383. The maximum Gasteiger partial charge on any atom is 0.251 e. The van der Waals surface area contributed by atoms with Gasteiger partial charge in [0.05, 0.1) is 11.4 Å². The molecule has 2 amide bonds. The van der Waals surface area contributed by atoms with Crippen LogP contribution in [-0.4, -0.2) is 63.8 Å². The zero-order chi connectivity index (χ0) is 17.7. The molecule has 8 nitrogen and oxygen atoms in total. The fraction of sp³-hybridized carbons (Fsp3) is 0.467. The highest BCUT2D eigenvalue weighted by molar-refractivity contribution is 7.89. The molecular weight excluding hydrogens is 368 g/mol. The molecule has 140 valence electrons. The molecule has 0 spiro atoms. The summed E-state index contributed by atoms with van der Waals surface area (Å²) in [6, 6.07) is 5.85. The second-order valence-corrected chi connectivity index (χ2v) is 7.55. The third kappa shape index (κ3) is 5.40. The van der Waals surface area contributed by atoms with Crippen LogP contribution in [0.15, 0.2) is 29.2 Å². The van der Waals surface area contributed by atoms with Crippen molar-refractivity contribution in [3.05, 3.63) is 29.8 Å². The third-order valence-electron chi connectivity index (χ3n) is 3.82. The van der Waals surface area contributed by atoms with Crippen molar-refractivity contribution in [2.75, 3.05) is 33.2 Å². The molecule has 1 unspecified atom stereocenters. The molecule has 2 rings (SSSR count). The van der Waals surface area contributed by atoms with Gasteiger partial charge in [0.25, 0.3) is 5.91 Å². The Balaban J connectivity index is 0.00000312. The summed E-state index contributed by atoms with van der Waals surface area (Å²) in [5.74, 6) is -0.585. The molecule has 1 saturated heterocycles. The lowest BCUT2D eigenvalue weighted by molar-refractivity contribution is -0.122. The van der Waals surface area contributed by atoms with E-state index in [2.05, 4.69) is 16.0 Å². The Morgan fingerprint density at radius 2 is 1.96 bits per heavy atom. The summed E-state index contributed by atoms with van der Waals surface area (Å²) < 4.78 is 26.1. The van der Waals surface area contributed by atoms with Gasteiger partial charge >= 0.3 is 0 Å². The minimum atomic E-state index is -3.74. The fourth-order valence-corrected chi connectivity index (χ4v) is 3.59. The lowest BCUT2D eigenvalue weighted by atomic mass is 10.2. The zero-order valence-electron chi connectivity index (χ0n) is 14.1. The first-order valence-corrected chi connectivity index (χ1v) is 9.11. The van der Waals surface area contributed by atoms with Crippen LogP contribution in [0.4, 0.5) is 0 Å². The summed E-state index contributed by atoms with van der Waals surface area (Å²) >= 11 is 0. The Labute approximate surface area is 153 Å². The predicted octanol–water partition coefficient (Wildman–Crippen LogP) is -0.433. The monoisotopic (exact) mass is 390 g/mol. The maximum absolute atomic E-state index is 12.5. The zero-order valence-corrected chi connectivity index (χ0v) is 15.7. The molecule has 1 aliphatic rings. The number of piperazine rings is 1. The standard InChI is InChI=1S/C15H22N4O4S.ClH/c1-11(16-2)9-18-15(21)12-3-5-13(6-4-12)24(22,23)19-8-7-17-14(20)10-19;/h3-6,11,16H,7-10H2,1-2H3,(H,17,20)(H,18,21);1H. The van der Waals surface area contributed by atoms with Crippen LogP contribution in [0.25, 0.3) is 0 Å². The first-order valence-electron chi connectivity index (χ1n) is 7.67. The normalized spacial score (nSPS) is 16.5. The second-order valence-electron chi connectivity index (χ2n) is 5.61. The number of nitrogens with one attached hydrogen (secondary N) is 3. The van der Waals surface area contributed by atoms with Gasteiger partial charge in [-0.25, -0.2) is 8.42 Å². The molecule has 1 aromatic carbocycles. The highest BCUT2D eigenvalue weighted by Gasteiger charge is 2.29. The Morgan fingerprint density at radius 1 is 1.32 bits per heavy atom. The first kappa shape index (κ1) is 21.4. The minimum Gasteiger partial charge on any atom is -0.354 e. The average molecular weight is 391 g/mol. The molecule has 0 aliphatic carbocycles. The summed E-state index contributed by atoms with van der Waals surface area (Å²) in [6.45, 7) is 2.75. The third-order valence-corrected chi connectivity index (χ3v) is 5.68. The van der Waals surface area contributed by atoms with Crippen LogP contribution in [0.5, 0.6) is 0 Å². The molecule has 1 aliphatic heterocycles. The van der Waals surface area contributed by atoms with Crippen molar-refractivity contribution in [1.29, 1.82) is 0 Å². The molecule has 0 bridgehead atoms. The number of sulfonamides is 1. The predicted molar refractivity (Wildman–Crippen MR) is 96.3 cm³/mol. The van der Waals surface area contributed by atoms with E-state index >= 15 is 0 Å². The SMILES string of the molecule is CNC(C)CNC(=O)c1ccc(S(=O)(=O)N2CCNC(=O)C2)cc1.Cl. The number of hydrogen-bond acceptors (Lipinski definition) is 5. The van der Waals surface area contributed by atoms with E-state index in [0.717, 1.165) is 4.31 Å². The Hall–Kier alpha value is -1.68. The van der Waals surface area contributed by atoms with Gasteiger partial charge in [0.15, 0.2) is 0 Å². The highest BCUT2D eigenvalue weighted by Crippen LogP contribution is 2.17. The number of carbonyl (C=O) groups excluding carboxylic acids is 2. The van der Waals surface area contributed by atoms with E-state index < -0.39 is 10.0 Å². The van der Waals surface area contributed by atoms with Crippen LogP contribution >= 0.6 is 12.4 Å². The van der Waals surface area contributed by atoms with E-state index in [0.29, 0.717) is 18.7 Å². The smallest absolute Gasteiger partial charge is 0.251 e. The molecule has 1 atom stereocenters. The molecule has 3 N–H and O–H groups in total. The van der Waals surface area contributed by atoms with Crippen molar-refractivity contribution in [3.63, 3.8) is 0 Å². The van der Waals surface area contributed by atoms with Crippen LogP contribution in [0, 0.1) is 0 Å². The average Bonchev–Trinajstić information content (AvgIpc) is 2.59. The Kier molecular flexibility index (Phi) is 7.81. The van der Waals surface area contributed by atoms with Gasteiger partial charge < -0.3 is 16.0 Å². The van der Waals surface area contributed by atoms with E-state index in [1.807, 2.05) is 6.92 Å². The van der Waals surface area contributed by atoms with E-state index in [9.17, 15) is 18.0 Å². The number of hydrogen-bond donors (Lipinski definition) is 3. The van der Waals surface area contributed by atoms with Crippen LogP contribution in [0.1, 0.15) is 17.3 Å². The van der Waals surface area contributed by atoms with Gasteiger partial charge in [-0.15, -0.1) is 12.4 Å². The summed E-state index contributed by atoms with van der Waals surface area (Å²) in [4.78, 5) is 23.5.